The Labute approximate surface area is 173 Å². The molecule has 0 fully saturated rings. The van der Waals surface area contributed by atoms with Gasteiger partial charge in [0.05, 0.1) is 5.69 Å². The molecule has 1 aliphatic rings. The van der Waals surface area contributed by atoms with Crippen molar-refractivity contribution in [3.05, 3.63) is 84.4 Å². The van der Waals surface area contributed by atoms with Crippen molar-refractivity contribution < 1.29 is 14.3 Å². The number of hydrogen-bond donors (Lipinski definition) is 2. The molecule has 4 rings (SSSR count). The first-order valence-electron chi connectivity index (χ1n) is 9.29. The van der Waals surface area contributed by atoms with Gasteiger partial charge in [-0.25, -0.2) is 0 Å². The molecule has 3 aromatic rings. The quantitative estimate of drug-likeness (QED) is 0.595. The number of carbonyl (C=O) groups is 2. The Balaban J connectivity index is 1.57. The molecule has 29 heavy (non-hydrogen) atoms. The Kier molecular flexibility index (Phi) is 5.53. The first kappa shape index (κ1) is 19.1. The molecule has 0 unspecified atom stereocenters. The van der Waals surface area contributed by atoms with Gasteiger partial charge in [-0.2, -0.15) is 0 Å². The number of ether oxygens (including phenoxy) is 1. The molecule has 1 aliphatic heterocycles. The van der Waals surface area contributed by atoms with E-state index in [0.29, 0.717) is 17.1 Å². The molecule has 1 heterocycles. The van der Waals surface area contributed by atoms with Gasteiger partial charge in [0, 0.05) is 10.6 Å². The average Bonchev–Trinajstić information content (AvgIpc) is 2.74. The number of amides is 2. The molecule has 0 aliphatic carbocycles. The van der Waals surface area contributed by atoms with Crippen LogP contribution in [0.2, 0.25) is 0 Å². The molecule has 0 bridgehead atoms. The Hall–Kier alpha value is -3.25. The fraction of sp³-hybridized carbons (Fsp3) is 0.130. The fourth-order valence-corrected chi connectivity index (χ4v) is 4.08. The van der Waals surface area contributed by atoms with Crippen LogP contribution < -0.4 is 15.4 Å². The van der Waals surface area contributed by atoms with Crippen LogP contribution in [-0.4, -0.2) is 17.9 Å². The summed E-state index contributed by atoms with van der Waals surface area (Å²) in [6, 6.07) is 24.7. The van der Waals surface area contributed by atoms with E-state index in [9.17, 15) is 9.59 Å². The largest absolute Gasteiger partial charge is 0.479 e. The van der Waals surface area contributed by atoms with Crippen molar-refractivity contribution in [2.75, 3.05) is 10.6 Å². The summed E-state index contributed by atoms with van der Waals surface area (Å²) in [5.74, 6) is 0.248. The predicted molar refractivity (Wildman–Crippen MR) is 115 cm³/mol. The van der Waals surface area contributed by atoms with E-state index < -0.39 is 11.4 Å². The summed E-state index contributed by atoms with van der Waals surface area (Å²) in [4.78, 5) is 26.0. The van der Waals surface area contributed by atoms with Crippen molar-refractivity contribution in [2.24, 2.45) is 0 Å². The van der Waals surface area contributed by atoms with Gasteiger partial charge in [0.2, 0.25) is 5.91 Å². The molecule has 2 N–H and O–H groups in total. The summed E-state index contributed by atoms with van der Waals surface area (Å²) in [6.45, 7) is 1.69. The third kappa shape index (κ3) is 4.43. The number of hydrogen-bond acceptors (Lipinski definition) is 4. The van der Waals surface area contributed by atoms with E-state index in [1.54, 1.807) is 25.1 Å². The van der Waals surface area contributed by atoms with Crippen LogP contribution in [0.1, 0.15) is 17.7 Å². The normalized spacial score (nSPS) is 16.2. The lowest BCUT2D eigenvalue weighted by molar-refractivity contribution is -0.122. The second kappa shape index (κ2) is 8.41. The van der Waals surface area contributed by atoms with Crippen molar-refractivity contribution in [1.82, 2.24) is 0 Å². The third-order valence-corrected chi connectivity index (χ3v) is 5.78. The van der Waals surface area contributed by atoms with Crippen LogP contribution in [0, 0.1) is 0 Å². The van der Waals surface area contributed by atoms with Gasteiger partial charge in [-0.05, 0) is 42.8 Å². The number of thioether (sulfide) groups is 1. The Bertz CT molecular complexity index is 1020. The number of rotatable bonds is 5. The van der Waals surface area contributed by atoms with Crippen LogP contribution in [0.4, 0.5) is 11.4 Å². The summed E-state index contributed by atoms with van der Waals surface area (Å²) in [5, 5.41) is 5.36. The first-order chi connectivity index (χ1) is 14.1. The highest BCUT2D eigenvalue weighted by Crippen LogP contribution is 2.37. The molecule has 0 saturated carbocycles. The molecule has 0 saturated heterocycles. The third-order valence-electron chi connectivity index (χ3n) is 4.52. The minimum atomic E-state index is -0.535. The second-order valence-corrected chi connectivity index (χ2v) is 7.85. The van der Waals surface area contributed by atoms with Crippen LogP contribution >= 0.6 is 11.8 Å². The van der Waals surface area contributed by atoms with Crippen molar-refractivity contribution in [2.45, 2.75) is 23.2 Å². The number of anilines is 2. The van der Waals surface area contributed by atoms with Gasteiger partial charge in [0.15, 0.2) is 6.10 Å². The van der Waals surface area contributed by atoms with Gasteiger partial charge in [0.25, 0.3) is 5.91 Å². The van der Waals surface area contributed by atoms with E-state index in [2.05, 4.69) is 10.6 Å². The molecule has 5 nitrogen and oxygen atoms in total. The van der Waals surface area contributed by atoms with Crippen molar-refractivity contribution >= 4 is 35.0 Å². The van der Waals surface area contributed by atoms with E-state index in [-0.39, 0.29) is 11.8 Å². The van der Waals surface area contributed by atoms with Crippen molar-refractivity contribution in [1.29, 1.82) is 0 Å². The van der Waals surface area contributed by atoms with Crippen LogP contribution in [-0.2, 0) is 9.59 Å². The van der Waals surface area contributed by atoms with Crippen molar-refractivity contribution in [3.8, 4) is 5.75 Å². The Morgan fingerprint density at radius 2 is 1.72 bits per heavy atom. The van der Waals surface area contributed by atoms with Crippen LogP contribution in [0.15, 0.2) is 83.8 Å². The van der Waals surface area contributed by atoms with E-state index in [4.69, 9.17) is 4.74 Å². The number of nitrogens with one attached hydrogen (secondary N) is 2. The van der Waals surface area contributed by atoms with Crippen LogP contribution in [0.5, 0.6) is 5.75 Å². The highest BCUT2D eigenvalue weighted by molar-refractivity contribution is 8.00. The molecule has 6 heteroatoms. The van der Waals surface area contributed by atoms with E-state index in [1.807, 2.05) is 60.7 Å². The summed E-state index contributed by atoms with van der Waals surface area (Å²) >= 11 is 1.49. The highest BCUT2D eigenvalue weighted by atomic mass is 32.2. The Morgan fingerprint density at radius 3 is 2.45 bits per heavy atom. The summed E-state index contributed by atoms with van der Waals surface area (Å²) in [7, 11) is 0. The standard InChI is InChI=1S/C23H20N2O3S/c1-15-22(26)25-19-14-17(12-13-20(19)28-15)24-23(27)21(16-8-4-2-5-9-16)29-18-10-6-3-7-11-18/h2-15,21H,1H3,(H,24,27)(H,25,26)/t15-,21+/m1/s1. The van der Waals surface area contributed by atoms with E-state index in [0.717, 1.165) is 10.5 Å². The second-order valence-electron chi connectivity index (χ2n) is 6.67. The van der Waals surface area contributed by atoms with E-state index >= 15 is 0 Å². The molecular formula is C23H20N2O3S. The van der Waals surface area contributed by atoms with Gasteiger partial charge in [-0.3, -0.25) is 9.59 Å². The molecule has 0 aromatic heterocycles. The molecule has 3 aromatic carbocycles. The average molecular weight is 404 g/mol. The molecule has 0 radical (unpaired) electrons. The smallest absolute Gasteiger partial charge is 0.265 e. The lowest BCUT2D eigenvalue weighted by atomic mass is 10.1. The topological polar surface area (TPSA) is 67.4 Å². The molecule has 2 atom stereocenters. The van der Waals surface area contributed by atoms with Gasteiger partial charge in [-0.15, -0.1) is 11.8 Å². The Morgan fingerprint density at radius 1 is 1.03 bits per heavy atom. The number of benzene rings is 3. The fourth-order valence-electron chi connectivity index (χ4n) is 3.03. The van der Waals surface area contributed by atoms with Gasteiger partial charge < -0.3 is 15.4 Å². The number of fused-ring (bicyclic) bond motifs is 1. The summed E-state index contributed by atoms with van der Waals surface area (Å²) in [5.41, 5.74) is 2.07. The maximum atomic E-state index is 13.2. The van der Waals surface area contributed by atoms with Gasteiger partial charge >= 0.3 is 0 Å². The lowest BCUT2D eigenvalue weighted by Gasteiger charge is -2.24. The van der Waals surface area contributed by atoms with Gasteiger partial charge in [0.1, 0.15) is 11.0 Å². The maximum absolute atomic E-state index is 13.2. The maximum Gasteiger partial charge on any atom is 0.265 e. The summed E-state index contributed by atoms with van der Waals surface area (Å²) in [6.07, 6.45) is -0.535. The molecular weight excluding hydrogens is 384 g/mol. The zero-order valence-electron chi connectivity index (χ0n) is 15.8. The zero-order valence-corrected chi connectivity index (χ0v) is 16.6. The number of carbonyl (C=O) groups excluding carboxylic acids is 2. The minimum Gasteiger partial charge on any atom is -0.479 e. The predicted octanol–water partition coefficient (Wildman–Crippen LogP) is 4.88. The van der Waals surface area contributed by atoms with E-state index in [1.165, 1.54) is 11.8 Å². The SMILES string of the molecule is C[C@H]1Oc2ccc(NC(=O)[C@@H](Sc3ccccc3)c3ccccc3)cc2NC1=O. The van der Waals surface area contributed by atoms with Crippen LogP contribution in [0.3, 0.4) is 0 Å². The van der Waals surface area contributed by atoms with Crippen molar-refractivity contribution in [3.63, 3.8) is 0 Å². The zero-order chi connectivity index (χ0) is 20.2. The first-order valence-corrected chi connectivity index (χ1v) is 10.2. The molecule has 2 amide bonds. The molecule has 0 spiro atoms. The monoisotopic (exact) mass is 404 g/mol. The highest BCUT2D eigenvalue weighted by Gasteiger charge is 2.25. The van der Waals surface area contributed by atoms with Gasteiger partial charge in [-0.1, -0.05) is 48.5 Å². The minimum absolute atomic E-state index is 0.138. The van der Waals surface area contributed by atoms with Crippen LogP contribution in [0.25, 0.3) is 0 Å². The summed E-state index contributed by atoms with van der Waals surface area (Å²) < 4.78 is 5.57. The molecule has 146 valence electrons. The lowest BCUT2D eigenvalue weighted by Crippen LogP contribution is -2.34.